The lowest BCUT2D eigenvalue weighted by molar-refractivity contribution is -0.143. The number of unbranched alkanes of at least 4 members (excludes halogenated alkanes) is 1. The topological polar surface area (TPSA) is 78.9 Å². The van der Waals surface area contributed by atoms with Crippen molar-refractivity contribution in [3.63, 3.8) is 0 Å². The minimum Gasteiger partial charge on any atom is -0.481 e. The van der Waals surface area contributed by atoms with E-state index in [2.05, 4.69) is 12.2 Å². The minimum atomic E-state index is -0.758. The first kappa shape index (κ1) is 17.8. The van der Waals surface area contributed by atoms with Gasteiger partial charge in [-0.2, -0.15) is 0 Å². The van der Waals surface area contributed by atoms with Crippen LogP contribution in [-0.2, 0) is 9.53 Å². The van der Waals surface area contributed by atoms with Crippen LogP contribution in [0.3, 0.4) is 0 Å². The number of hydrogen-bond acceptors (Lipinski definition) is 3. The van der Waals surface area contributed by atoms with Crippen LogP contribution in [0.4, 0.5) is 4.79 Å². The summed E-state index contributed by atoms with van der Waals surface area (Å²) in [6, 6.07) is -0.124. The Hall–Kier alpha value is -1.30. The van der Waals surface area contributed by atoms with Crippen LogP contribution in [0.25, 0.3) is 0 Å². The van der Waals surface area contributed by atoms with E-state index in [1.807, 2.05) is 6.92 Å². The van der Waals surface area contributed by atoms with Gasteiger partial charge in [-0.15, -0.1) is 0 Å². The molecule has 0 aliphatic carbocycles. The average Bonchev–Trinajstić information content (AvgIpc) is 2.45. The van der Waals surface area contributed by atoms with Crippen LogP contribution >= 0.6 is 0 Å². The number of likely N-dealkylation sites (tertiary alicyclic amines) is 1. The van der Waals surface area contributed by atoms with Crippen molar-refractivity contribution >= 4 is 12.0 Å². The van der Waals surface area contributed by atoms with Crippen molar-refractivity contribution in [3.8, 4) is 0 Å². The van der Waals surface area contributed by atoms with E-state index in [9.17, 15) is 9.59 Å². The molecule has 2 atom stereocenters. The number of urea groups is 1. The number of nitrogens with one attached hydrogen (secondary N) is 1. The number of rotatable bonds is 8. The van der Waals surface area contributed by atoms with Crippen LogP contribution < -0.4 is 5.32 Å². The van der Waals surface area contributed by atoms with Gasteiger partial charge in [0.05, 0.1) is 5.92 Å². The molecule has 0 aromatic carbocycles. The Labute approximate surface area is 126 Å². The molecule has 0 aromatic rings. The Morgan fingerprint density at radius 1 is 1.33 bits per heavy atom. The molecule has 6 nitrogen and oxygen atoms in total. The van der Waals surface area contributed by atoms with Gasteiger partial charge < -0.3 is 20.1 Å². The number of aliphatic carboxylic acids is 1. The van der Waals surface area contributed by atoms with E-state index in [-0.39, 0.29) is 18.0 Å². The molecular formula is C15H28N2O4. The molecule has 1 aliphatic rings. The number of carboxylic acids is 1. The highest BCUT2D eigenvalue weighted by Crippen LogP contribution is 2.22. The Bertz CT molecular complexity index is 336. The van der Waals surface area contributed by atoms with E-state index in [0.717, 1.165) is 25.9 Å². The highest BCUT2D eigenvalue weighted by molar-refractivity contribution is 5.75. The molecule has 1 heterocycles. The summed E-state index contributed by atoms with van der Waals surface area (Å²) < 4.78 is 5.43. The molecule has 1 saturated heterocycles. The van der Waals surface area contributed by atoms with Gasteiger partial charge in [-0.1, -0.05) is 13.3 Å². The predicted molar refractivity (Wildman–Crippen MR) is 80.3 cm³/mol. The lowest BCUT2D eigenvalue weighted by Crippen LogP contribution is -2.50. The van der Waals surface area contributed by atoms with Crippen LogP contribution in [0, 0.1) is 5.92 Å². The smallest absolute Gasteiger partial charge is 0.317 e. The van der Waals surface area contributed by atoms with Crippen molar-refractivity contribution in [1.29, 1.82) is 0 Å². The molecule has 0 radical (unpaired) electrons. The van der Waals surface area contributed by atoms with Gasteiger partial charge >= 0.3 is 12.0 Å². The highest BCUT2D eigenvalue weighted by Gasteiger charge is 2.31. The van der Waals surface area contributed by atoms with Crippen LogP contribution in [-0.4, -0.2) is 54.4 Å². The van der Waals surface area contributed by atoms with Gasteiger partial charge in [-0.25, -0.2) is 4.79 Å². The zero-order valence-electron chi connectivity index (χ0n) is 13.1. The molecule has 0 aromatic heterocycles. The number of hydrogen-bond donors (Lipinski definition) is 2. The van der Waals surface area contributed by atoms with Crippen LogP contribution in [0.5, 0.6) is 0 Å². The van der Waals surface area contributed by atoms with E-state index in [4.69, 9.17) is 9.84 Å². The monoisotopic (exact) mass is 300 g/mol. The SMILES string of the molecule is CCCCOCCCNC(=O)N1CCC(C(=O)O)CC1C. The second-order valence-electron chi connectivity index (χ2n) is 5.65. The minimum absolute atomic E-state index is 0.0272. The Balaban J connectivity index is 2.16. The molecule has 1 fully saturated rings. The normalized spacial score (nSPS) is 22.1. The molecule has 0 bridgehead atoms. The number of carbonyl (C=O) groups is 2. The largest absolute Gasteiger partial charge is 0.481 e. The van der Waals surface area contributed by atoms with Crippen LogP contribution in [0.2, 0.25) is 0 Å². The number of carbonyl (C=O) groups excluding carboxylic acids is 1. The fraction of sp³-hybridized carbons (Fsp3) is 0.867. The summed E-state index contributed by atoms with van der Waals surface area (Å²) in [6.45, 7) is 6.58. The first-order valence-corrected chi connectivity index (χ1v) is 7.91. The summed E-state index contributed by atoms with van der Waals surface area (Å²) in [4.78, 5) is 24.7. The van der Waals surface area contributed by atoms with E-state index < -0.39 is 5.97 Å². The Morgan fingerprint density at radius 2 is 2.05 bits per heavy atom. The molecule has 0 spiro atoms. The first-order valence-electron chi connectivity index (χ1n) is 7.91. The zero-order chi connectivity index (χ0) is 15.7. The summed E-state index contributed by atoms with van der Waals surface area (Å²) in [5.74, 6) is -1.08. The molecule has 2 N–H and O–H groups in total. The van der Waals surface area contributed by atoms with Crippen molar-refractivity contribution in [2.75, 3.05) is 26.3 Å². The Kier molecular flexibility index (Phi) is 8.12. The van der Waals surface area contributed by atoms with Gasteiger partial charge in [0, 0.05) is 32.3 Å². The van der Waals surface area contributed by atoms with Crippen LogP contribution in [0.15, 0.2) is 0 Å². The molecule has 1 aliphatic heterocycles. The van der Waals surface area contributed by atoms with E-state index in [1.54, 1.807) is 4.90 Å². The van der Waals surface area contributed by atoms with Crippen molar-refractivity contribution in [1.82, 2.24) is 10.2 Å². The summed E-state index contributed by atoms with van der Waals surface area (Å²) in [7, 11) is 0. The maximum absolute atomic E-state index is 12.0. The molecule has 21 heavy (non-hydrogen) atoms. The predicted octanol–water partition coefficient (Wildman–Crippen LogP) is 2.09. The van der Waals surface area contributed by atoms with Gasteiger partial charge in [0.25, 0.3) is 0 Å². The highest BCUT2D eigenvalue weighted by atomic mass is 16.5. The maximum Gasteiger partial charge on any atom is 0.317 e. The van der Waals surface area contributed by atoms with Crippen molar-refractivity contribution in [2.24, 2.45) is 5.92 Å². The second-order valence-corrected chi connectivity index (χ2v) is 5.65. The zero-order valence-corrected chi connectivity index (χ0v) is 13.1. The van der Waals surface area contributed by atoms with E-state index >= 15 is 0 Å². The van der Waals surface area contributed by atoms with Gasteiger partial charge in [0.2, 0.25) is 0 Å². The summed E-state index contributed by atoms with van der Waals surface area (Å²) >= 11 is 0. The van der Waals surface area contributed by atoms with Crippen molar-refractivity contribution in [3.05, 3.63) is 0 Å². The van der Waals surface area contributed by atoms with Gasteiger partial charge in [-0.05, 0) is 32.6 Å². The fourth-order valence-corrected chi connectivity index (χ4v) is 2.52. The van der Waals surface area contributed by atoms with Crippen LogP contribution in [0.1, 0.15) is 46.0 Å². The van der Waals surface area contributed by atoms with Gasteiger partial charge in [0.1, 0.15) is 0 Å². The summed E-state index contributed by atoms with van der Waals surface area (Å²) in [5, 5.41) is 11.9. The maximum atomic E-state index is 12.0. The lowest BCUT2D eigenvalue weighted by atomic mass is 9.92. The standard InChI is InChI=1S/C15H28N2O4/c1-3-4-9-21-10-5-7-16-15(20)17-8-6-13(14(18)19)11-12(17)2/h12-13H,3-11H2,1-2H3,(H,16,20)(H,18,19). The Morgan fingerprint density at radius 3 is 2.67 bits per heavy atom. The number of piperidine rings is 1. The first-order chi connectivity index (χ1) is 10.1. The molecule has 6 heteroatoms. The molecule has 2 unspecified atom stereocenters. The number of nitrogens with zero attached hydrogens (tertiary/aromatic N) is 1. The number of carboxylic acid groups (broad SMARTS) is 1. The molecular weight excluding hydrogens is 272 g/mol. The van der Waals surface area contributed by atoms with E-state index in [0.29, 0.717) is 32.5 Å². The molecule has 1 rings (SSSR count). The number of ether oxygens (including phenoxy) is 1. The fourth-order valence-electron chi connectivity index (χ4n) is 2.52. The van der Waals surface area contributed by atoms with Crippen molar-refractivity contribution < 1.29 is 19.4 Å². The van der Waals surface area contributed by atoms with E-state index in [1.165, 1.54) is 0 Å². The molecule has 122 valence electrons. The molecule has 0 saturated carbocycles. The van der Waals surface area contributed by atoms with Gasteiger partial charge in [-0.3, -0.25) is 4.79 Å². The second kappa shape index (κ2) is 9.60. The quantitative estimate of drug-likeness (QED) is 0.673. The summed E-state index contributed by atoms with van der Waals surface area (Å²) in [6.07, 6.45) is 4.06. The third-order valence-electron chi connectivity index (χ3n) is 3.87. The average molecular weight is 300 g/mol. The van der Waals surface area contributed by atoms with Gasteiger partial charge in [0.15, 0.2) is 0 Å². The summed E-state index contributed by atoms with van der Waals surface area (Å²) in [5.41, 5.74) is 0. The third-order valence-corrected chi connectivity index (χ3v) is 3.87. The molecule has 2 amide bonds. The van der Waals surface area contributed by atoms with Crippen molar-refractivity contribution in [2.45, 2.75) is 52.0 Å². The third kappa shape index (κ3) is 6.33. The lowest BCUT2D eigenvalue weighted by Gasteiger charge is -2.36. The number of amides is 2.